The van der Waals surface area contributed by atoms with Gasteiger partial charge in [-0.3, -0.25) is 9.36 Å². The van der Waals surface area contributed by atoms with Crippen LogP contribution < -0.4 is 9.80 Å². The van der Waals surface area contributed by atoms with Gasteiger partial charge in [0.25, 0.3) is 0 Å². The van der Waals surface area contributed by atoms with Gasteiger partial charge in [0.1, 0.15) is 0 Å². The van der Waals surface area contributed by atoms with E-state index in [-0.39, 0.29) is 5.91 Å². The molecule has 2 fully saturated rings. The molecule has 1 aliphatic carbocycles. The Morgan fingerprint density at radius 1 is 1.00 bits per heavy atom. The van der Waals surface area contributed by atoms with Crippen LogP contribution in [0.4, 0.5) is 11.8 Å². The van der Waals surface area contributed by atoms with Crippen molar-refractivity contribution in [3.8, 4) is 11.4 Å². The Bertz CT molecular complexity index is 1290. The van der Waals surface area contributed by atoms with E-state index >= 15 is 0 Å². The molecule has 2 saturated heterocycles. The number of anilines is 2. The number of piperazine rings is 1. The maximum absolute atomic E-state index is 12.4. The average molecular weight is 460 g/mol. The normalized spacial score (nSPS) is 18.6. The van der Waals surface area contributed by atoms with Gasteiger partial charge in [-0.2, -0.15) is 0 Å². The van der Waals surface area contributed by atoms with Crippen LogP contribution in [0.25, 0.3) is 28.1 Å². The Labute approximate surface area is 198 Å². The van der Waals surface area contributed by atoms with Gasteiger partial charge < -0.3 is 19.4 Å². The van der Waals surface area contributed by atoms with Crippen molar-refractivity contribution in [2.75, 3.05) is 62.8 Å². The number of nitrogens with zero attached hydrogens (tertiary/aromatic N) is 7. The van der Waals surface area contributed by atoms with Crippen LogP contribution in [0.15, 0.2) is 30.3 Å². The summed E-state index contributed by atoms with van der Waals surface area (Å²) in [6.45, 7) is 7.41. The summed E-state index contributed by atoms with van der Waals surface area (Å²) in [6, 6.07) is 8.46. The molecule has 9 heteroatoms. The Morgan fingerprint density at radius 3 is 2.53 bits per heavy atom. The summed E-state index contributed by atoms with van der Waals surface area (Å²) in [5, 5.41) is 0. The number of rotatable bonds is 5. The number of likely N-dealkylation sites (N-methyl/N-ethyl adjacent to an activating group) is 1. The zero-order valence-electron chi connectivity index (χ0n) is 19.7. The Hall–Kier alpha value is -3.46. The van der Waals surface area contributed by atoms with Gasteiger partial charge in [-0.1, -0.05) is 24.3 Å². The number of amides is 1. The van der Waals surface area contributed by atoms with Crippen LogP contribution >= 0.6 is 0 Å². The fourth-order valence-electron chi connectivity index (χ4n) is 4.71. The summed E-state index contributed by atoms with van der Waals surface area (Å²) in [7, 11) is 1.85. The first-order valence-electron chi connectivity index (χ1n) is 12.0. The molecule has 1 amide bonds. The lowest BCUT2D eigenvalue weighted by molar-refractivity contribution is -0.129. The third kappa shape index (κ3) is 3.69. The quantitative estimate of drug-likeness (QED) is 0.580. The number of hydrogen-bond donors (Lipinski definition) is 0. The Balaban J connectivity index is 1.51. The average Bonchev–Trinajstić information content (AvgIpc) is 3.66. The highest BCUT2D eigenvalue weighted by Gasteiger charge is 2.28. The minimum atomic E-state index is 0.104. The third-order valence-corrected chi connectivity index (χ3v) is 6.82. The molecule has 0 bridgehead atoms. The maximum Gasteiger partial charge on any atom is 0.242 e. The first kappa shape index (κ1) is 21.1. The molecule has 2 aliphatic heterocycles. The molecule has 176 valence electrons. The maximum atomic E-state index is 12.4. The topological polar surface area (TPSA) is 79.6 Å². The lowest BCUT2D eigenvalue weighted by atomic mass is 10.1. The molecule has 0 radical (unpaired) electrons. The molecule has 3 aromatic rings. The monoisotopic (exact) mass is 459 g/mol. The molecule has 6 rings (SSSR count). The zero-order chi connectivity index (χ0) is 23.2. The van der Waals surface area contributed by atoms with Gasteiger partial charge >= 0.3 is 0 Å². The van der Waals surface area contributed by atoms with Gasteiger partial charge in [0.15, 0.2) is 22.8 Å². The molecule has 3 aliphatic rings. The third-order valence-electron chi connectivity index (χ3n) is 6.82. The summed E-state index contributed by atoms with van der Waals surface area (Å²) in [6.07, 6.45) is 3.29. The van der Waals surface area contributed by atoms with Crippen LogP contribution in [0.3, 0.4) is 0 Å². The van der Waals surface area contributed by atoms with Gasteiger partial charge in [0.2, 0.25) is 11.9 Å². The summed E-state index contributed by atoms with van der Waals surface area (Å²) in [5.74, 6) is 2.44. The second kappa shape index (κ2) is 8.39. The highest BCUT2D eigenvalue weighted by atomic mass is 16.5. The molecule has 0 unspecified atom stereocenters. The molecular formula is C25H29N7O2. The lowest BCUT2D eigenvalue weighted by Crippen LogP contribution is -2.49. The number of carbonyl (C=O) groups is 1. The molecule has 1 aromatic carbocycles. The van der Waals surface area contributed by atoms with Crippen molar-refractivity contribution in [3.63, 3.8) is 0 Å². The molecule has 0 atom stereocenters. The molecule has 0 saturated carbocycles. The van der Waals surface area contributed by atoms with Crippen LogP contribution in [0, 0.1) is 0 Å². The highest BCUT2D eigenvalue weighted by molar-refractivity contribution is 5.90. The molecular weight excluding hydrogens is 430 g/mol. The Morgan fingerprint density at radius 2 is 1.79 bits per heavy atom. The largest absolute Gasteiger partial charge is 0.378 e. The number of morpholine rings is 1. The van der Waals surface area contributed by atoms with Crippen LogP contribution in [0.5, 0.6) is 0 Å². The van der Waals surface area contributed by atoms with Crippen molar-refractivity contribution in [3.05, 3.63) is 35.9 Å². The number of allylic oxidation sites excluding steroid dienone is 2. The van der Waals surface area contributed by atoms with Gasteiger partial charge in [0.05, 0.1) is 19.8 Å². The van der Waals surface area contributed by atoms with E-state index < -0.39 is 0 Å². The van der Waals surface area contributed by atoms with E-state index in [1.54, 1.807) is 4.90 Å². The number of hydrogen-bond acceptors (Lipinski definition) is 7. The minimum absolute atomic E-state index is 0.104. The smallest absolute Gasteiger partial charge is 0.242 e. The molecule has 4 heterocycles. The van der Waals surface area contributed by atoms with E-state index in [0.29, 0.717) is 38.7 Å². The Kier molecular flexibility index (Phi) is 5.21. The number of carbonyl (C=O) groups excluding carboxylic acids is 1. The number of aromatic nitrogens is 4. The van der Waals surface area contributed by atoms with Gasteiger partial charge in [0, 0.05) is 45.3 Å². The summed E-state index contributed by atoms with van der Waals surface area (Å²) >= 11 is 0. The lowest BCUT2D eigenvalue weighted by Gasteiger charge is -2.32. The van der Waals surface area contributed by atoms with Crippen molar-refractivity contribution >= 4 is 34.4 Å². The van der Waals surface area contributed by atoms with E-state index in [0.717, 1.165) is 54.5 Å². The predicted octanol–water partition coefficient (Wildman–Crippen LogP) is 2.42. The second-order valence-corrected chi connectivity index (χ2v) is 9.05. The second-order valence-electron chi connectivity index (χ2n) is 9.05. The van der Waals surface area contributed by atoms with Gasteiger partial charge in [-0.25, -0.2) is 15.0 Å². The molecule has 34 heavy (non-hydrogen) atoms. The zero-order valence-corrected chi connectivity index (χ0v) is 19.7. The van der Waals surface area contributed by atoms with Crippen molar-refractivity contribution < 1.29 is 9.53 Å². The molecule has 2 aromatic heterocycles. The molecule has 0 spiro atoms. The van der Waals surface area contributed by atoms with Crippen LogP contribution in [-0.4, -0.2) is 83.3 Å². The standard InChI is InChI=1S/C25H29N7O2/c1-3-32-24-21(26-25(32)31-10-9-29(2)20(33)16-31)23(30-11-13-34-14-12-30)27-22(28-24)19-6-4-5-18(15-19)17-7-8-17/h4-7,15H,3,8-14,16H2,1-2H3. The van der Waals surface area contributed by atoms with E-state index in [1.807, 2.05) is 7.05 Å². The molecule has 0 N–H and O–H groups in total. The first-order valence-corrected chi connectivity index (χ1v) is 12.0. The van der Waals surface area contributed by atoms with Crippen LogP contribution in [0.1, 0.15) is 18.9 Å². The number of imidazole rings is 1. The number of fused-ring (bicyclic) bond motifs is 1. The van der Waals surface area contributed by atoms with Crippen molar-refractivity contribution in [2.24, 2.45) is 0 Å². The van der Waals surface area contributed by atoms with Crippen LogP contribution in [-0.2, 0) is 16.1 Å². The fourth-order valence-corrected chi connectivity index (χ4v) is 4.71. The van der Waals surface area contributed by atoms with E-state index in [4.69, 9.17) is 19.7 Å². The predicted molar refractivity (Wildman–Crippen MR) is 132 cm³/mol. The van der Waals surface area contributed by atoms with Crippen LogP contribution in [0.2, 0.25) is 0 Å². The summed E-state index contributed by atoms with van der Waals surface area (Å²) in [4.78, 5) is 33.6. The first-order chi connectivity index (χ1) is 16.6. The van der Waals surface area contributed by atoms with Gasteiger partial charge in [-0.15, -0.1) is 0 Å². The minimum Gasteiger partial charge on any atom is -0.378 e. The van der Waals surface area contributed by atoms with E-state index in [2.05, 4.69) is 51.6 Å². The van der Waals surface area contributed by atoms with E-state index in [1.165, 1.54) is 11.1 Å². The highest BCUT2D eigenvalue weighted by Crippen LogP contribution is 2.35. The number of aryl methyl sites for hydroxylation is 1. The summed E-state index contributed by atoms with van der Waals surface area (Å²) in [5.41, 5.74) is 5.20. The van der Waals surface area contributed by atoms with Crippen molar-refractivity contribution in [1.82, 2.24) is 24.4 Å². The SMILES string of the molecule is CCn1c(N2CCN(C)C(=O)C2)nc2c(N3CCOCC3)nc(-c3cccc(C4=CC4)c3)nc21. The summed E-state index contributed by atoms with van der Waals surface area (Å²) < 4.78 is 7.72. The molecule has 9 nitrogen and oxygen atoms in total. The number of ether oxygens (including phenoxy) is 1. The van der Waals surface area contributed by atoms with Crippen molar-refractivity contribution in [1.29, 1.82) is 0 Å². The fraction of sp³-hybridized carbons (Fsp3) is 0.440. The van der Waals surface area contributed by atoms with E-state index in [9.17, 15) is 4.79 Å². The van der Waals surface area contributed by atoms with Crippen molar-refractivity contribution in [2.45, 2.75) is 19.9 Å². The number of benzene rings is 1. The van der Waals surface area contributed by atoms with Gasteiger partial charge in [-0.05, 0) is 30.5 Å².